The molecule has 186 valence electrons. The van der Waals surface area contributed by atoms with Crippen molar-refractivity contribution in [2.24, 2.45) is 0 Å². The monoisotopic (exact) mass is 465 g/mol. The molecule has 0 radical (unpaired) electrons. The minimum absolute atomic E-state index is 0.0384. The molecule has 34 heavy (non-hydrogen) atoms. The minimum Gasteiger partial charge on any atom is -0.508 e. The highest BCUT2D eigenvalue weighted by molar-refractivity contribution is 5.87. The van der Waals surface area contributed by atoms with Gasteiger partial charge in [0, 0.05) is 17.2 Å². The smallest absolute Gasteiger partial charge is 0.131 e. The standard InChI is InChI=1S/C30H43NO3/c1-3-4-20-31(2)21-12-10-8-6-5-7-9-11-13-29-28(24-14-17-26(32)18-15-24)22-25-16-19-27(33)23-30(25)34-29/h14-19,22-23,29,32-33H,3-13,20-21H2,1-2H3. The van der Waals surface area contributed by atoms with Crippen molar-refractivity contribution in [1.29, 1.82) is 0 Å². The Kier molecular flexibility index (Phi) is 10.8. The Morgan fingerprint density at radius 3 is 2.09 bits per heavy atom. The second-order valence-corrected chi connectivity index (χ2v) is 9.75. The molecule has 0 spiro atoms. The molecule has 2 N–H and O–H groups in total. The predicted molar refractivity (Wildman–Crippen MR) is 142 cm³/mol. The zero-order valence-corrected chi connectivity index (χ0v) is 21.1. The van der Waals surface area contributed by atoms with Crippen LogP contribution < -0.4 is 4.74 Å². The Hall–Kier alpha value is -2.46. The molecule has 1 unspecified atom stereocenters. The Morgan fingerprint density at radius 1 is 0.765 bits per heavy atom. The molecule has 2 aromatic carbocycles. The molecule has 1 atom stereocenters. The number of hydrogen-bond donors (Lipinski definition) is 2. The highest BCUT2D eigenvalue weighted by Gasteiger charge is 2.24. The van der Waals surface area contributed by atoms with Crippen LogP contribution in [-0.4, -0.2) is 41.4 Å². The van der Waals surface area contributed by atoms with Crippen LogP contribution in [0.1, 0.15) is 88.7 Å². The summed E-state index contributed by atoms with van der Waals surface area (Å²) in [4.78, 5) is 2.47. The Labute approximate surface area is 206 Å². The van der Waals surface area contributed by atoms with Gasteiger partial charge in [0.2, 0.25) is 0 Å². The average molecular weight is 466 g/mol. The summed E-state index contributed by atoms with van der Waals surface area (Å²) in [6.45, 7) is 4.73. The van der Waals surface area contributed by atoms with Crippen LogP contribution in [0.5, 0.6) is 17.2 Å². The molecule has 4 nitrogen and oxygen atoms in total. The van der Waals surface area contributed by atoms with Crippen molar-refractivity contribution in [3.8, 4) is 17.2 Å². The number of benzene rings is 2. The van der Waals surface area contributed by atoms with Gasteiger partial charge in [-0.2, -0.15) is 0 Å². The Balaban J connectivity index is 1.39. The van der Waals surface area contributed by atoms with Gasteiger partial charge in [-0.3, -0.25) is 0 Å². The number of phenolic OH excluding ortho intramolecular Hbond substituents is 2. The first-order chi connectivity index (χ1) is 16.6. The second-order valence-electron chi connectivity index (χ2n) is 9.75. The maximum absolute atomic E-state index is 9.87. The number of aromatic hydroxyl groups is 2. The van der Waals surface area contributed by atoms with E-state index in [0.29, 0.717) is 0 Å². The van der Waals surface area contributed by atoms with Crippen molar-refractivity contribution in [2.45, 2.75) is 83.7 Å². The summed E-state index contributed by atoms with van der Waals surface area (Å²) in [5.74, 6) is 1.24. The lowest BCUT2D eigenvalue weighted by Crippen LogP contribution is -2.22. The van der Waals surface area contributed by atoms with Crippen molar-refractivity contribution >= 4 is 11.6 Å². The van der Waals surface area contributed by atoms with Gasteiger partial charge in [-0.1, -0.05) is 64.0 Å². The third-order valence-corrected chi connectivity index (χ3v) is 6.77. The summed E-state index contributed by atoms with van der Waals surface area (Å²) < 4.78 is 6.33. The second kappa shape index (κ2) is 14.1. The summed E-state index contributed by atoms with van der Waals surface area (Å²) >= 11 is 0. The molecule has 1 aliphatic rings. The van der Waals surface area contributed by atoms with Crippen LogP contribution in [0, 0.1) is 0 Å². The van der Waals surface area contributed by atoms with Gasteiger partial charge in [0.1, 0.15) is 23.4 Å². The van der Waals surface area contributed by atoms with Gasteiger partial charge in [0.05, 0.1) is 0 Å². The first kappa shape index (κ1) is 26.2. The largest absolute Gasteiger partial charge is 0.508 e. The van der Waals surface area contributed by atoms with Gasteiger partial charge in [-0.05, 0) is 81.7 Å². The van der Waals surface area contributed by atoms with Crippen molar-refractivity contribution in [1.82, 2.24) is 4.90 Å². The summed E-state index contributed by atoms with van der Waals surface area (Å²) in [5.41, 5.74) is 3.19. The third kappa shape index (κ3) is 8.39. The van der Waals surface area contributed by atoms with Crippen LogP contribution in [0.25, 0.3) is 11.6 Å². The van der Waals surface area contributed by atoms with Gasteiger partial charge >= 0.3 is 0 Å². The third-order valence-electron chi connectivity index (χ3n) is 6.77. The maximum atomic E-state index is 9.87. The average Bonchev–Trinajstić information content (AvgIpc) is 2.84. The van der Waals surface area contributed by atoms with Crippen molar-refractivity contribution in [3.05, 3.63) is 53.6 Å². The summed E-state index contributed by atoms with van der Waals surface area (Å²) in [6, 6.07) is 12.6. The number of rotatable bonds is 15. The highest BCUT2D eigenvalue weighted by Crippen LogP contribution is 2.38. The molecule has 0 aromatic heterocycles. The lowest BCUT2D eigenvalue weighted by atomic mass is 9.91. The zero-order chi connectivity index (χ0) is 24.2. The maximum Gasteiger partial charge on any atom is 0.131 e. The first-order valence-electron chi connectivity index (χ1n) is 13.3. The van der Waals surface area contributed by atoms with Crippen LogP contribution in [0.15, 0.2) is 42.5 Å². The molecule has 0 saturated heterocycles. The van der Waals surface area contributed by atoms with Gasteiger partial charge in [-0.15, -0.1) is 0 Å². The molecule has 1 heterocycles. The predicted octanol–water partition coefficient (Wildman–Crippen LogP) is 7.64. The zero-order valence-electron chi connectivity index (χ0n) is 21.1. The number of unbranched alkanes of at least 4 members (excludes halogenated alkanes) is 8. The quantitative estimate of drug-likeness (QED) is 0.265. The van der Waals surface area contributed by atoms with E-state index in [2.05, 4.69) is 24.9 Å². The number of ether oxygens (including phenoxy) is 1. The Morgan fingerprint density at radius 2 is 1.38 bits per heavy atom. The molecule has 4 heteroatoms. The van der Waals surface area contributed by atoms with Crippen LogP contribution in [-0.2, 0) is 0 Å². The van der Waals surface area contributed by atoms with Crippen molar-refractivity contribution < 1.29 is 14.9 Å². The van der Waals surface area contributed by atoms with E-state index >= 15 is 0 Å². The van der Waals surface area contributed by atoms with E-state index in [1.54, 1.807) is 24.3 Å². The van der Waals surface area contributed by atoms with E-state index in [1.165, 1.54) is 70.9 Å². The van der Waals surface area contributed by atoms with Crippen LogP contribution in [0.4, 0.5) is 0 Å². The van der Waals surface area contributed by atoms with Crippen molar-refractivity contribution in [3.63, 3.8) is 0 Å². The van der Waals surface area contributed by atoms with Crippen LogP contribution in [0.3, 0.4) is 0 Å². The normalized spacial score (nSPS) is 15.1. The minimum atomic E-state index is -0.0384. The topological polar surface area (TPSA) is 52.9 Å². The number of nitrogens with zero attached hydrogens (tertiary/aromatic N) is 1. The molecule has 2 aromatic rings. The lowest BCUT2D eigenvalue weighted by Gasteiger charge is -2.28. The van der Waals surface area contributed by atoms with E-state index in [1.807, 2.05) is 18.2 Å². The van der Waals surface area contributed by atoms with Crippen LogP contribution in [0.2, 0.25) is 0 Å². The van der Waals surface area contributed by atoms with Gasteiger partial charge in [0.25, 0.3) is 0 Å². The fourth-order valence-electron chi connectivity index (χ4n) is 4.67. The van der Waals surface area contributed by atoms with E-state index < -0.39 is 0 Å². The molecular formula is C30H43NO3. The van der Waals surface area contributed by atoms with Crippen molar-refractivity contribution in [2.75, 3.05) is 20.1 Å². The Bertz CT molecular complexity index is 890. The molecule has 1 aliphatic heterocycles. The number of phenols is 2. The molecule has 0 saturated carbocycles. The fourth-order valence-corrected chi connectivity index (χ4v) is 4.67. The fraction of sp³-hybridized carbons (Fsp3) is 0.533. The summed E-state index contributed by atoms with van der Waals surface area (Å²) in [6.07, 6.45) is 15.9. The molecule has 0 fully saturated rings. The van der Waals surface area contributed by atoms with E-state index in [0.717, 1.165) is 35.3 Å². The van der Waals surface area contributed by atoms with Gasteiger partial charge < -0.3 is 19.8 Å². The molecule has 3 rings (SSSR count). The van der Waals surface area contributed by atoms with E-state index in [4.69, 9.17) is 4.74 Å². The number of hydrogen-bond acceptors (Lipinski definition) is 4. The molecule has 0 aliphatic carbocycles. The first-order valence-corrected chi connectivity index (χ1v) is 13.3. The molecule has 0 amide bonds. The SMILES string of the molecule is CCCCN(C)CCCCCCCCCCC1Oc2cc(O)ccc2C=C1c1ccc(O)cc1. The number of fused-ring (bicyclic) bond motifs is 1. The molecular weight excluding hydrogens is 422 g/mol. The summed E-state index contributed by atoms with van der Waals surface area (Å²) in [5, 5.41) is 19.5. The van der Waals surface area contributed by atoms with Gasteiger partial charge in [-0.25, -0.2) is 0 Å². The van der Waals surface area contributed by atoms with E-state index in [-0.39, 0.29) is 17.6 Å². The van der Waals surface area contributed by atoms with Crippen LogP contribution >= 0.6 is 0 Å². The van der Waals surface area contributed by atoms with Gasteiger partial charge in [0.15, 0.2) is 0 Å². The highest BCUT2D eigenvalue weighted by atomic mass is 16.5. The van der Waals surface area contributed by atoms with E-state index in [9.17, 15) is 10.2 Å². The molecule has 0 bridgehead atoms. The summed E-state index contributed by atoms with van der Waals surface area (Å²) in [7, 11) is 2.25. The lowest BCUT2D eigenvalue weighted by molar-refractivity contribution is 0.238.